The van der Waals surface area contributed by atoms with Gasteiger partial charge in [-0.25, -0.2) is 9.78 Å². The predicted molar refractivity (Wildman–Crippen MR) is 103 cm³/mol. The van der Waals surface area contributed by atoms with Gasteiger partial charge in [0.15, 0.2) is 4.96 Å². The quantitative estimate of drug-likeness (QED) is 0.682. The number of hydrogen-bond donors (Lipinski definition) is 1. The minimum Gasteiger partial charge on any atom is -0.456 e. The summed E-state index contributed by atoms with van der Waals surface area (Å²) in [5, 5.41) is 2.74. The number of amides is 1. The number of anilines is 1. The first kappa shape index (κ1) is 18.8. The molecule has 1 amide bonds. The van der Waals surface area contributed by atoms with Crippen molar-refractivity contribution in [1.82, 2.24) is 9.38 Å². The molecule has 3 aromatic rings. The maximum Gasteiger partial charge on any atom is 0.338 e. The first-order valence-electron chi connectivity index (χ1n) is 8.40. The number of fused-ring (bicyclic) bond motifs is 1. The van der Waals surface area contributed by atoms with Gasteiger partial charge in [-0.15, -0.1) is 11.3 Å². The van der Waals surface area contributed by atoms with E-state index in [0.29, 0.717) is 21.9 Å². The van der Waals surface area contributed by atoms with Crippen LogP contribution in [0.4, 0.5) is 5.69 Å². The lowest BCUT2D eigenvalue weighted by Crippen LogP contribution is -2.18. The molecule has 1 aromatic carbocycles. The highest BCUT2D eigenvalue weighted by Gasteiger charge is 2.12. The van der Waals surface area contributed by atoms with Crippen LogP contribution in [0.15, 0.2) is 41.3 Å². The zero-order chi connectivity index (χ0) is 19.6. The second-order valence-corrected chi connectivity index (χ2v) is 7.59. The highest BCUT2D eigenvalue weighted by atomic mass is 32.1. The number of nitrogens with one attached hydrogen (secondary N) is 1. The Balaban J connectivity index is 1.71. The third-order valence-electron chi connectivity index (χ3n) is 3.78. The number of aryl methyl sites for hydroxylation is 1. The molecule has 27 heavy (non-hydrogen) atoms. The topological polar surface area (TPSA) is 89.8 Å². The molecule has 140 valence electrons. The van der Waals surface area contributed by atoms with E-state index < -0.39 is 5.97 Å². The van der Waals surface area contributed by atoms with E-state index >= 15 is 0 Å². The Kier molecular flexibility index (Phi) is 5.36. The van der Waals surface area contributed by atoms with Gasteiger partial charge >= 0.3 is 5.97 Å². The Morgan fingerprint density at radius 3 is 2.81 bits per heavy atom. The lowest BCUT2D eigenvalue weighted by Gasteiger charge is -2.09. The van der Waals surface area contributed by atoms with Crippen molar-refractivity contribution < 1.29 is 14.3 Å². The fourth-order valence-corrected chi connectivity index (χ4v) is 3.22. The lowest BCUT2D eigenvalue weighted by molar-refractivity contribution is -0.118. The predicted octanol–water partition coefficient (Wildman–Crippen LogP) is 3.02. The van der Waals surface area contributed by atoms with Gasteiger partial charge < -0.3 is 10.1 Å². The molecule has 7 nitrogen and oxygen atoms in total. The number of hydrogen-bond acceptors (Lipinski definition) is 6. The SMILES string of the molecule is Cc1cn2c(=O)cc(COC(=O)c3cccc(NC(=O)C(C)C)c3)nc2s1. The number of carbonyl (C=O) groups excluding carboxylic acids is 2. The molecule has 0 saturated heterocycles. The Morgan fingerprint density at radius 2 is 2.07 bits per heavy atom. The molecule has 0 atom stereocenters. The zero-order valence-electron chi connectivity index (χ0n) is 15.2. The van der Waals surface area contributed by atoms with Gasteiger partial charge in [-0.1, -0.05) is 19.9 Å². The van der Waals surface area contributed by atoms with E-state index in [1.165, 1.54) is 21.8 Å². The molecule has 0 aliphatic heterocycles. The largest absolute Gasteiger partial charge is 0.456 e. The molecule has 0 spiro atoms. The summed E-state index contributed by atoms with van der Waals surface area (Å²) in [7, 11) is 0. The summed E-state index contributed by atoms with van der Waals surface area (Å²) in [6, 6.07) is 7.87. The van der Waals surface area contributed by atoms with Crippen molar-refractivity contribution >= 4 is 33.9 Å². The van der Waals surface area contributed by atoms with Crippen LogP contribution in [0.3, 0.4) is 0 Å². The van der Waals surface area contributed by atoms with Gasteiger partial charge in [0.05, 0.1) is 11.3 Å². The van der Waals surface area contributed by atoms with Crippen LogP contribution in [0.2, 0.25) is 0 Å². The second-order valence-electron chi connectivity index (χ2n) is 6.38. The number of esters is 1. The summed E-state index contributed by atoms with van der Waals surface area (Å²) in [4.78, 5) is 42.0. The van der Waals surface area contributed by atoms with Crippen LogP contribution in [0.5, 0.6) is 0 Å². The Bertz CT molecular complexity index is 1070. The fourth-order valence-electron chi connectivity index (χ4n) is 2.37. The average Bonchev–Trinajstić information content (AvgIpc) is 3.00. The molecule has 0 bridgehead atoms. The minimum absolute atomic E-state index is 0.107. The van der Waals surface area contributed by atoms with Crippen molar-refractivity contribution in [2.24, 2.45) is 5.92 Å². The van der Waals surface area contributed by atoms with Crippen LogP contribution in [-0.4, -0.2) is 21.3 Å². The molecule has 0 unspecified atom stereocenters. The number of carbonyl (C=O) groups is 2. The van der Waals surface area contributed by atoms with Crippen LogP contribution in [0.1, 0.15) is 34.8 Å². The standard InChI is InChI=1S/C19H19N3O4S/c1-11(2)17(24)20-14-6-4-5-13(7-14)18(25)26-10-15-8-16(23)22-9-12(3)27-19(22)21-15/h4-9,11H,10H2,1-3H3,(H,20,24). The number of thiazole rings is 1. The van der Waals surface area contributed by atoms with Crippen molar-refractivity contribution in [1.29, 1.82) is 0 Å². The molecule has 8 heteroatoms. The first-order valence-corrected chi connectivity index (χ1v) is 9.22. The summed E-state index contributed by atoms with van der Waals surface area (Å²) in [6.07, 6.45) is 1.72. The fraction of sp³-hybridized carbons (Fsp3) is 0.263. The number of benzene rings is 1. The lowest BCUT2D eigenvalue weighted by atomic mass is 10.1. The van der Waals surface area contributed by atoms with E-state index in [1.807, 2.05) is 6.92 Å². The van der Waals surface area contributed by atoms with Gasteiger partial charge in [-0.3, -0.25) is 14.0 Å². The first-order chi connectivity index (χ1) is 12.8. The monoisotopic (exact) mass is 385 g/mol. The van der Waals surface area contributed by atoms with Gasteiger partial charge in [-0.05, 0) is 25.1 Å². The molecular weight excluding hydrogens is 366 g/mol. The van der Waals surface area contributed by atoms with Crippen molar-refractivity contribution in [3.8, 4) is 0 Å². The maximum absolute atomic E-state index is 12.3. The molecule has 0 saturated carbocycles. The average molecular weight is 385 g/mol. The number of ether oxygens (including phenoxy) is 1. The van der Waals surface area contributed by atoms with Gasteiger partial charge in [0.2, 0.25) is 5.91 Å². The third-order valence-corrected chi connectivity index (χ3v) is 4.68. The summed E-state index contributed by atoms with van der Waals surface area (Å²) in [5.41, 5.74) is 1.00. The second kappa shape index (κ2) is 7.71. The van der Waals surface area contributed by atoms with E-state index in [1.54, 1.807) is 44.3 Å². The van der Waals surface area contributed by atoms with Crippen molar-refractivity contribution in [2.45, 2.75) is 27.4 Å². The summed E-state index contributed by atoms with van der Waals surface area (Å²) < 4.78 is 6.74. The molecule has 3 rings (SSSR count). The molecule has 2 aromatic heterocycles. The highest BCUT2D eigenvalue weighted by molar-refractivity contribution is 7.16. The molecule has 0 aliphatic rings. The van der Waals surface area contributed by atoms with Gasteiger partial charge in [0, 0.05) is 28.7 Å². The highest BCUT2D eigenvalue weighted by Crippen LogP contribution is 2.15. The molecule has 0 radical (unpaired) electrons. The van der Waals surface area contributed by atoms with Crippen LogP contribution >= 0.6 is 11.3 Å². The van der Waals surface area contributed by atoms with E-state index in [2.05, 4.69) is 10.3 Å². The van der Waals surface area contributed by atoms with Crippen LogP contribution in [0.25, 0.3) is 4.96 Å². The van der Waals surface area contributed by atoms with Crippen LogP contribution < -0.4 is 10.9 Å². The molecule has 0 aliphatic carbocycles. The minimum atomic E-state index is -0.556. The molecule has 1 N–H and O–H groups in total. The van der Waals surface area contributed by atoms with Crippen molar-refractivity contribution in [3.63, 3.8) is 0 Å². The Hall–Kier alpha value is -3.00. The van der Waals surface area contributed by atoms with Gasteiger partial charge in [-0.2, -0.15) is 0 Å². The van der Waals surface area contributed by atoms with Crippen molar-refractivity contribution in [2.75, 3.05) is 5.32 Å². The zero-order valence-corrected chi connectivity index (χ0v) is 16.0. The van der Waals surface area contributed by atoms with E-state index in [-0.39, 0.29) is 24.0 Å². The summed E-state index contributed by atoms with van der Waals surface area (Å²) in [5.74, 6) is -0.855. The van der Waals surface area contributed by atoms with E-state index in [4.69, 9.17) is 4.74 Å². The summed E-state index contributed by atoms with van der Waals surface area (Å²) in [6.45, 7) is 5.36. The van der Waals surface area contributed by atoms with Crippen LogP contribution in [0, 0.1) is 12.8 Å². The molecule has 2 heterocycles. The molecular formula is C19H19N3O4S. The summed E-state index contributed by atoms with van der Waals surface area (Å²) >= 11 is 1.39. The van der Waals surface area contributed by atoms with Gasteiger partial charge in [0.1, 0.15) is 6.61 Å². The van der Waals surface area contributed by atoms with Crippen LogP contribution in [-0.2, 0) is 16.1 Å². The molecule has 0 fully saturated rings. The van der Waals surface area contributed by atoms with Gasteiger partial charge in [0.25, 0.3) is 5.56 Å². The van der Waals surface area contributed by atoms with E-state index in [0.717, 1.165) is 4.88 Å². The Morgan fingerprint density at radius 1 is 1.30 bits per heavy atom. The Labute approximate surface area is 159 Å². The normalized spacial score (nSPS) is 11.0. The maximum atomic E-state index is 12.3. The smallest absolute Gasteiger partial charge is 0.338 e. The van der Waals surface area contributed by atoms with Crippen molar-refractivity contribution in [3.05, 3.63) is 63.0 Å². The number of rotatable bonds is 5. The number of aromatic nitrogens is 2. The number of nitrogens with zero attached hydrogens (tertiary/aromatic N) is 2. The third kappa shape index (κ3) is 4.40. The van der Waals surface area contributed by atoms with E-state index in [9.17, 15) is 14.4 Å².